The highest BCUT2D eigenvalue weighted by Crippen LogP contribution is 2.25. The van der Waals surface area contributed by atoms with Crippen LogP contribution in [0.25, 0.3) is 0 Å². The van der Waals surface area contributed by atoms with E-state index in [0.717, 1.165) is 35.6 Å². The van der Waals surface area contributed by atoms with Crippen LogP contribution in [0.4, 0.5) is 5.69 Å². The lowest BCUT2D eigenvalue weighted by Crippen LogP contribution is -2.50. The van der Waals surface area contributed by atoms with Crippen molar-refractivity contribution in [1.82, 2.24) is 15.2 Å². The van der Waals surface area contributed by atoms with Crippen molar-refractivity contribution in [3.63, 3.8) is 0 Å². The van der Waals surface area contributed by atoms with Gasteiger partial charge in [0.15, 0.2) is 17.9 Å². The fourth-order valence-electron chi connectivity index (χ4n) is 4.01. The third-order valence-electron chi connectivity index (χ3n) is 5.59. The summed E-state index contributed by atoms with van der Waals surface area (Å²) in [5.74, 6) is 0.958. The summed E-state index contributed by atoms with van der Waals surface area (Å²) in [5, 5.41) is 13.6. The number of amidine groups is 1. The van der Waals surface area contributed by atoms with Crippen LogP contribution in [0.3, 0.4) is 0 Å². The molecule has 6 heteroatoms. The van der Waals surface area contributed by atoms with Gasteiger partial charge >= 0.3 is 0 Å². The monoisotopic (exact) mass is 403 g/mol. The van der Waals surface area contributed by atoms with Crippen molar-refractivity contribution in [2.75, 3.05) is 25.5 Å². The number of benzene rings is 1. The molecular weight excluding hydrogens is 374 g/mol. The largest absolute Gasteiger partial charge is 0.379 e. The highest BCUT2D eigenvalue weighted by molar-refractivity contribution is 6.00. The number of anilines is 1. The van der Waals surface area contributed by atoms with E-state index in [4.69, 9.17) is 5.10 Å². The van der Waals surface area contributed by atoms with Crippen LogP contribution in [0.15, 0.2) is 76.6 Å². The highest BCUT2D eigenvalue weighted by atomic mass is 16.1. The molecule has 0 amide bonds. The molecule has 1 aliphatic carbocycles. The van der Waals surface area contributed by atoms with Crippen LogP contribution in [0.5, 0.6) is 0 Å². The lowest BCUT2D eigenvalue weighted by Gasteiger charge is -2.29. The first-order valence-corrected chi connectivity index (χ1v) is 10.5. The molecule has 6 nitrogen and oxygen atoms in total. The summed E-state index contributed by atoms with van der Waals surface area (Å²) in [6.45, 7) is 5.09. The van der Waals surface area contributed by atoms with Gasteiger partial charge in [-0.2, -0.15) is 5.10 Å². The molecule has 30 heavy (non-hydrogen) atoms. The zero-order chi connectivity index (χ0) is 21.1. The maximum absolute atomic E-state index is 12.6. The number of rotatable bonds is 5. The van der Waals surface area contributed by atoms with Gasteiger partial charge in [0, 0.05) is 30.1 Å². The molecule has 2 N–H and O–H groups in total. The van der Waals surface area contributed by atoms with E-state index in [1.54, 1.807) is 6.08 Å². The van der Waals surface area contributed by atoms with Gasteiger partial charge in [-0.3, -0.25) is 4.79 Å². The number of nitrogens with one attached hydrogen (secondary N) is 2. The lowest BCUT2D eigenvalue weighted by molar-refractivity contribution is -0.116. The Morgan fingerprint density at radius 1 is 1.23 bits per heavy atom. The molecule has 3 aliphatic rings. The van der Waals surface area contributed by atoms with Crippen LogP contribution >= 0.6 is 0 Å². The summed E-state index contributed by atoms with van der Waals surface area (Å²) in [7, 11) is 2.03. The van der Waals surface area contributed by atoms with Crippen LogP contribution in [0.2, 0.25) is 0 Å². The van der Waals surface area contributed by atoms with E-state index in [-0.39, 0.29) is 18.6 Å². The number of hydrazone groups is 1. The number of aryl methyl sites for hydroxylation is 1. The van der Waals surface area contributed by atoms with Gasteiger partial charge in [0.05, 0.1) is 6.54 Å². The summed E-state index contributed by atoms with van der Waals surface area (Å²) >= 11 is 0. The molecule has 0 radical (unpaired) electrons. The average molecular weight is 404 g/mol. The smallest absolute Gasteiger partial charge is 0.195 e. The topological polar surface area (TPSA) is 60.0 Å². The van der Waals surface area contributed by atoms with E-state index in [1.807, 2.05) is 24.2 Å². The van der Waals surface area contributed by atoms with Crippen LogP contribution < -0.4 is 10.6 Å². The summed E-state index contributed by atoms with van der Waals surface area (Å²) in [4.78, 5) is 14.7. The van der Waals surface area contributed by atoms with Gasteiger partial charge in [0.25, 0.3) is 0 Å². The standard InChI is InChI=1S/C24H29N5O/c1-4-18-10-7-8-12-22(18)25-15-20-14-21(30)16-29-24(26-20)28(3)23(27-29)19-11-6-5-9-17(2)13-19/h5-12,14,24-26H,4,13,15-16H2,1-3H3. The molecule has 0 spiro atoms. The fourth-order valence-corrected chi connectivity index (χ4v) is 4.01. The number of likely N-dealkylation sites (N-methyl/N-ethyl adjacent to an activating group) is 1. The summed E-state index contributed by atoms with van der Waals surface area (Å²) < 4.78 is 0. The maximum atomic E-state index is 12.6. The van der Waals surface area contributed by atoms with E-state index >= 15 is 0 Å². The van der Waals surface area contributed by atoms with E-state index in [9.17, 15) is 4.79 Å². The molecular formula is C24H29N5O. The van der Waals surface area contributed by atoms with E-state index < -0.39 is 0 Å². The van der Waals surface area contributed by atoms with E-state index in [0.29, 0.717) is 6.54 Å². The molecule has 0 fully saturated rings. The third kappa shape index (κ3) is 4.17. The Hall–Kier alpha value is -3.28. The Kier molecular flexibility index (Phi) is 5.74. The Balaban J connectivity index is 1.49. The minimum Gasteiger partial charge on any atom is -0.379 e. The number of carbonyl (C=O) groups is 1. The quantitative estimate of drug-likeness (QED) is 0.789. The third-order valence-corrected chi connectivity index (χ3v) is 5.59. The first kappa shape index (κ1) is 20.0. The second-order valence-electron chi connectivity index (χ2n) is 7.92. The van der Waals surface area contributed by atoms with Gasteiger partial charge in [0.2, 0.25) is 0 Å². The van der Waals surface area contributed by atoms with E-state index in [2.05, 4.69) is 65.8 Å². The van der Waals surface area contributed by atoms with Crippen LogP contribution in [0, 0.1) is 0 Å². The van der Waals surface area contributed by atoms with Crippen molar-refractivity contribution in [2.45, 2.75) is 33.0 Å². The number of fused-ring (bicyclic) bond motifs is 1. The molecule has 4 rings (SSSR count). The molecule has 0 aromatic heterocycles. The summed E-state index contributed by atoms with van der Waals surface area (Å²) in [5.41, 5.74) is 5.68. The zero-order valence-corrected chi connectivity index (χ0v) is 17.9. The predicted molar refractivity (Wildman–Crippen MR) is 122 cm³/mol. The molecule has 2 heterocycles. The maximum Gasteiger partial charge on any atom is 0.195 e. The van der Waals surface area contributed by atoms with Crippen LogP contribution in [-0.2, 0) is 11.2 Å². The van der Waals surface area contributed by atoms with Gasteiger partial charge in [-0.15, -0.1) is 0 Å². The number of nitrogens with zero attached hydrogens (tertiary/aromatic N) is 3. The van der Waals surface area contributed by atoms with Crippen molar-refractivity contribution >= 4 is 17.3 Å². The van der Waals surface area contributed by atoms with Gasteiger partial charge in [-0.05, 0) is 31.4 Å². The van der Waals surface area contributed by atoms with Gasteiger partial charge in [-0.25, -0.2) is 5.01 Å². The number of ketones is 1. The number of allylic oxidation sites excluding steroid dienone is 5. The van der Waals surface area contributed by atoms with Crippen molar-refractivity contribution in [3.05, 3.63) is 77.1 Å². The summed E-state index contributed by atoms with van der Waals surface area (Å²) in [6.07, 6.45) is 11.7. The van der Waals surface area contributed by atoms with Gasteiger partial charge in [-0.1, -0.05) is 55.0 Å². The predicted octanol–water partition coefficient (Wildman–Crippen LogP) is 3.39. The van der Waals surface area contributed by atoms with Crippen LogP contribution in [-0.4, -0.2) is 48.0 Å². The Bertz CT molecular complexity index is 985. The zero-order valence-electron chi connectivity index (χ0n) is 17.9. The second kappa shape index (κ2) is 8.61. The van der Waals surface area contributed by atoms with Gasteiger partial charge in [0.1, 0.15) is 6.54 Å². The Labute approximate surface area is 178 Å². The molecule has 1 unspecified atom stereocenters. The number of carbonyl (C=O) groups excluding carboxylic acids is 1. The molecule has 1 atom stereocenters. The first-order valence-electron chi connectivity index (χ1n) is 10.5. The minimum atomic E-state index is -0.182. The number of hydrogen-bond acceptors (Lipinski definition) is 6. The Morgan fingerprint density at radius 3 is 2.87 bits per heavy atom. The molecule has 1 aromatic rings. The van der Waals surface area contributed by atoms with Gasteiger partial charge < -0.3 is 15.5 Å². The molecule has 0 saturated carbocycles. The minimum absolute atomic E-state index is 0.0507. The molecule has 2 aliphatic heterocycles. The van der Waals surface area contributed by atoms with Crippen molar-refractivity contribution in [2.24, 2.45) is 5.10 Å². The van der Waals surface area contributed by atoms with Crippen molar-refractivity contribution in [1.29, 1.82) is 0 Å². The fraction of sp³-hybridized carbons (Fsp3) is 0.333. The van der Waals surface area contributed by atoms with E-state index in [1.165, 1.54) is 11.1 Å². The number of para-hydroxylation sites is 1. The number of hydrogen-bond donors (Lipinski definition) is 2. The molecule has 0 saturated heterocycles. The normalized spacial score (nSPS) is 21.0. The first-order chi connectivity index (χ1) is 14.5. The Morgan fingerprint density at radius 2 is 2.03 bits per heavy atom. The summed E-state index contributed by atoms with van der Waals surface area (Å²) in [6, 6.07) is 8.28. The highest BCUT2D eigenvalue weighted by Gasteiger charge is 2.35. The molecule has 0 bridgehead atoms. The second-order valence-corrected chi connectivity index (χ2v) is 7.92. The van der Waals surface area contributed by atoms with Crippen molar-refractivity contribution < 1.29 is 4.79 Å². The molecule has 156 valence electrons. The molecule has 1 aromatic carbocycles. The van der Waals surface area contributed by atoms with Crippen LogP contribution in [0.1, 0.15) is 25.8 Å². The SMILES string of the molecule is CCc1ccccc1NCC1=CC(=O)CN2N=C(C3=CC=CC=C(C)C3)N(C)C2N1. The average Bonchev–Trinajstić information content (AvgIpc) is 2.89. The lowest BCUT2D eigenvalue weighted by atomic mass is 10.1. The van der Waals surface area contributed by atoms with Crippen molar-refractivity contribution in [3.8, 4) is 0 Å².